The molecular formula is C16H22N4O2. The molecule has 1 aromatic rings. The summed E-state index contributed by atoms with van der Waals surface area (Å²) in [5.74, 6) is -0.394. The topological polar surface area (TPSA) is 77.4 Å². The number of rotatable bonds is 8. The van der Waals surface area contributed by atoms with Gasteiger partial charge in [-0.1, -0.05) is 6.07 Å². The van der Waals surface area contributed by atoms with Gasteiger partial charge in [-0.05, 0) is 24.6 Å². The zero-order valence-electron chi connectivity index (χ0n) is 13.2. The summed E-state index contributed by atoms with van der Waals surface area (Å²) in [6.07, 6.45) is 2.12. The van der Waals surface area contributed by atoms with Gasteiger partial charge in [0.25, 0.3) is 5.91 Å². The van der Waals surface area contributed by atoms with Crippen molar-refractivity contribution in [3.05, 3.63) is 36.0 Å². The standard InChI is InChI=1S/C16H22N4O2/c1-20(2)15-7-4-6-14(10-15)19-12-13(11-17)16(21)18-8-5-9-22-3/h4,6-7,10,12,19H,5,8-9H2,1-3H3,(H,18,21)/b13-12-. The first-order valence-electron chi connectivity index (χ1n) is 6.99. The minimum absolute atomic E-state index is 0.0349. The molecule has 0 saturated heterocycles. The fourth-order valence-corrected chi connectivity index (χ4v) is 1.69. The van der Waals surface area contributed by atoms with Crippen LogP contribution in [0.1, 0.15) is 6.42 Å². The Bertz CT molecular complexity index is 562. The monoisotopic (exact) mass is 302 g/mol. The van der Waals surface area contributed by atoms with Gasteiger partial charge in [-0.2, -0.15) is 5.26 Å². The van der Waals surface area contributed by atoms with Crippen molar-refractivity contribution in [1.82, 2.24) is 5.32 Å². The van der Waals surface area contributed by atoms with Gasteiger partial charge in [-0.15, -0.1) is 0 Å². The number of methoxy groups -OCH3 is 1. The van der Waals surface area contributed by atoms with E-state index >= 15 is 0 Å². The Kier molecular flexibility index (Phi) is 7.51. The van der Waals surface area contributed by atoms with Crippen LogP contribution in [0.25, 0.3) is 0 Å². The third kappa shape index (κ3) is 5.85. The lowest BCUT2D eigenvalue weighted by atomic mass is 10.2. The molecule has 118 valence electrons. The average molecular weight is 302 g/mol. The molecule has 0 radical (unpaired) electrons. The van der Waals surface area contributed by atoms with Crippen molar-refractivity contribution in [3.8, 4) is 6.07 Å². The smallest absolute Gasteiger partial charge is 0.263 e. The molecule has 0 aliphatic carbocycles. The second-order valence-electron chi connectivity index (χ2n) is 4.86. The van der Waals surface area contributed by atoms with E-state index in [2.05, 4.69) is 10.6 Å². The molecule has 22 heavy (non-hydrogen) atoms. The van der Waals surface area contributed by atoms with Crippen LogP contribution in [-0.4, -0.2) is 40.3 Å². The minimum atomic E-state index is -0.394. The number of anilines is 2. The molecule has 1 rings (SSSR count). The van der Waals surface area contributed by atoms with Crippen molar-refractivity contribution in [2.45, 2.75) is 6.42 Å². The molecule has 2 N–H and O–H groups in total. The maximum Gasteiger partial charge on any atom is 0.263 e. The summed E-state index contributed by atoms with van der Waals surface area (Å²) in [7, 11) is 5.50. The van der Waals surface area contributed by atoms with Crippen LogP contribution in [0.3, 0.4) is 0 Å². The number of carbonyl (C=O) groups is 1. The van der Waals surface area contributed by atoms with Gasteiger partial charge in [0.05, 0.1) is 0 Å². The number of ether oxygens (including phenoxy) is 1. The van der Waals surface area contributed by atoms with E-state index in [4.69, 9.17) is 10.00 Å². The molecule has 6 heteroatoms. The molecule has 0 bridgehead atoms. The number of nitrogens with zero attached hydrogens (tertiary/aromatic N) is 2. The summed E-state index contributed by atoms with van der Waals surface area (Å²) in [6.45, 7) is 1.04. The summed E-state index contributed by atoms with van der Waals surface area (Å²) in [5, 5.41) is 14.7. The van der Waals surface area contributed by atoms with Crippen LogP contribution in [0, 0.1) is 11.3 Å². The van der Waals surface area contributed by atoms with Gasteiger partial charge >= 0.3 is 0 Å². The van der Waals surface area contributed by atoms with Crippen molar-refractivity contribution in [1.29, 1.82) is 5.26 Å². The highest BCUT2D eigenvalue weighted by Gasteiger charge is 2.07. The van der Waals surface area contributed by atoms with Crippen molar-refractivity contribution in [2.24, 2.45) is 0 Å². The minimum Gasteiger partial charge on any atom is -0.385 e. The molecule has 0 aliphatic heterocycles. The Labute approximate surface area is 131 Å². The van der Waals surface area contributed by atoms with Crippen LogP contribution < -0.4 is 15.5 Å². The number of benzene rings is 1. The zero-order chi connectivity index (χ0) is 16.4. The highest BCUT2D eigenvalue weighted by Crippen LogP contribution is 2.17. The van der Waals surface area contributed by atoms with Crippen molar-refractivity contribution in [3.63, 3.8) is 0 Å². The van der Waals surface area contributed by atoms with Crippen LogP contribution >= 0.6 is 0 Å². The van der Waals surface area contributed by atoms with Gasteiger partial charge in [0.1, 0.15) is 11.6 Å². The first-order valence-corrected chi connectivity index (χ1v) is 6.99. The van der Waals surface area contributed by atoms with Crippen molar-refractivity contribution < 1.29 is 9.53 Å². The third-order valence-corrected chi connectivity index (χ3v) is 2.92. The molecule has 0 aliphatic rings. The fourth-order valence-electron chi connectivity index (χ4n) is 1.69. The zero-order valence-corrected chi connectivity index (χ0v) is 13.2. The van der Waals surface area contributed by atoms with E-state index in [0.29, 0.717) is 19.6 Å². The van der Waals surface area contributed by atoms with Crippen LogP contribution in [0.4, 0.5) is 11.4 Å². The van der Waals surface area contributed by atoms with Crippen molar-refractivity contribution >= 4 is 17.3 Å². The Morgan fingerprint density at radius 3 is 2.86 bits per heavy atom. The lowest BCUT2D eigenvalue weighted by molar-refractivity contribution is -0.117. The van der Waals surface area contributed by atoms with Gasteiger partial charge in [0, 0.05) is 51.9 Å². The lowest BCUT2D eigenvalue weighted by Gasteiger charge is -2.13. The van der Waals surface area contributed by atoms with Crippen molar-refractivity contribution in [2.75, 3.05) is 44.6 Å². The van der Waals surface area contributed by atoms with Crippen LogP contribution in [0.15, 0.2) is 36.0 Å². The quantitative estimate of drug-likeness (QED) is 0.434. The van der Waals surface area contributed by atoms with E-state index in [-0.39, 0.29) is 5.57 Å². The molecule has 0 saturated carbocycles. The van der Waals surface area contributed by atoms with E-state index in [9.17, 15) is 4.79 Å². The number of nitrogens with one attached hydrogen (secondary N) is 2. The lowest BCUT2D eigenvalue weighted by Crippen LogP contribution is -2.26. The van der Waals surface area contributed by atoms with Gasteiger partial charge < -0.3 is 20.3 Å². The highest BCUT2D eigenvalue weighted by molar-refractivity contribution is 5.97. The summed E-state index contributed by atoms with van der Waals surface area (Å²) in [4.78, 5) is 13.8. The summed E-state index contributed by atoms with van der Waals surface area (Å²) < 4.78 is 4.90. The Balaban J connectivity index is 2.63. The number of carbonyl (C=O) groups excluding carboxylic acids is 1. The van der Waals surface area contributed by atoms with Gasteiger partial charge in [-0.25, -0.2) is 0 Å². The Morgan fingerprint density at radius 2 is 2.23 bits per heavy atom. The predicted molar refractivity (Wildman–Crippen MR) is 87.6 cm³/mol. The third-order valence-electron chi connectivity index (χ3n) is 2.92. The molecule has 0 atom stereocenters. The number of nitriles is 1. The molecule has 1 amide bonds. The molecule has 0 fully saturated rings. The first kappa shape index (κ1) is 17.5. The van der Waals surface area contributed by atoms with Gasteiger partial charge in [-0.3, -0.25) is 4.79 Å². The average Bonchev–Trinajstić information content (AvgIpc) is 2.52. The van der Waals surface area contributed by atoms with Crippen LogP contribution in [-0.2, 0) is 9.53 Å². The van der Waals surface area contributed by atoms with Gasteiger partial charge in [0.2, 0.25) is 0 Å². The molecule has 1 aromatic carbocycles. The van der Waals surface area contributed by atoms with E-state index in [1.165, 1.54) is 6.20 Å². The molecule has 0 aromatic heterocycles. The van der Waals surface area contributed by atoms with Crippen LogP contribution in [0.5, 0.6) is 0 Å². The maximum atomic E-state index is 11.8. The summed E-state index contributed by atoms with van der Waals surface area (Å²) >= 11 is 0. The second-order valence-corrected chi connectivity index (χ2v) is 4.86. The second kappa shape index (κ2) is 9.42. The fraction of sp³-hybridized carbons (Fsp3) is 0.375. The Morgan fingerprint density at radius 1 is 1.45 bits per heavy atom. The maximum absolute atomic E-state index is 11.8. The number of hydrogen-bond donors (Lipinski definition) is 2. The van der Waals surface area contributed by atoms with E-state index < -0.39 is 5.91 Å². The molecule has 0 heterocycles. The molecule has 6 nitrogen and oxygen atoms in total. The van der Waals surface area contributed by atoms with Gasteiger partial charge in [0.15, 0.2) is 0 Å². The first-order chi connectivity index (χ1) is 10.6. The molecule has 0 spiro atoms. The van der Waals surface area contributed by atoms with E-state index in [1.807, 2.05) is 49.3 Å². The predicted octanol–water partition coefficient (Wildman–Crippen LogP) is 1.72. The molecule has 0 unspecified atom stereocenters. The normalized spacial score (nSPS) is 10.7. The largest absolute Gasteiger partial charge is 0.385 e. The highest BCUT2D eigenvalue weighted by atomic mass is 16.5. The van der Waals surface area contributed by atoms with E-state index in [1.54, 1.807) is 7.11 Å². The Hall–Kier alpha value is -2.52. The number of hydrogen-bond acceptors (Lipinski definition) is 5. The summed E-state index contributed by atoms with van der Waals surface area (Å²) in [5.41, 5.74) is 1.87. The molecular weight excluding hydrogens is 280 g/mol. The summed E-state index contributed by atoms with van der Waals surface area (Å²) in [6, 6.07) is 9.58. The SMILES string of the molecule is COCCCNC(=O)/C(C#N)=C\Nc1cccc(N(C)C)c1. The van der Waals surface area contributed by atoms with E-state index in [0.717, 1.165) is 11.4 Å². The number of amides is 1. The van der Waals surface area contributed by atoms with Crippen LogP contribution in [0.2, 0.25) is 0 Å².